The molecule has 1 aliphatic rings. The molecule has 0 spiro atoms. The van der Waals surface area contributed by atoms with Gasteiger partial charge in [0.2, 0.25) is 0 Å². The molecular formula is C16H19N. The highest BCUT2D eigenvalue weighted by Crippen LogP contribution is 2.20. The highest BCUT2D eigenvalue weighted by Gasteiger charge is 2.15. The fourth-order valence-electron chi connectivity index (χ4n) is 2.27. The van der Waals surface area contributed by atoms with Crippen molar-refractivity contribution in [3.8, 4) is 0 Å². The molecule has 0 atom stereocenters. The maximum atomic E-state index is 3.89. The summed E-state index contributed by atoms with van der Waals surface area (Å²) < 4.78 is 0. The Bertz CT molecular complexity index is 428. The number of rotatable bonds is 4. The van der Waals surface area contributed by atoms with Gasteiger partial charge < -0.3 is 0 Å². The van der Waals surface area contributed by atoms with E-state index in [0.717, 1.165) is 26.1 Å². The number of nitrogens with zero attached hydrogens (tertiary/aromatic N) is 1. The van der Waals surface area contributed by atoms with Crippen LogP contribution < -0.4 is 0 Å². The van der Waals surface area contributed by atoms with E-state index >= 15 is 0 Å². The second kappa shape index (κ2) is 5.65. The van der Waals surface area contributed by atoms with Gasteiger partial charge in [0.05, 0.1) is 0 Å². The molecule has 0 saturated carbocycles. The fourth-order valence-corrected chi connectivity index (χ4v) is 2.27. The van der Waals surface area contributed by atoms with E-state index in [0.29, 0.717) is 0 Å². The van der Waals surface area contributed by atoms with Gasteiger partial charge in [-0.25, -0.2) is 0 Å². The van der Waals surface area contributed by atoms with Crippen molar-refractivity contribution in [2.24, 2.45) is 0 Å². The van der Waals surface area contributed by atoms with E-state index < -0.39 is 0 Å². The van der Waals surface area contributed by atoms with Crippen LogP contribution in [0.5, 0.6) is 0 Å². The van der Waals surface area contributed by atoms with Crippen molar-refractivity contribution >= 4 is 0 Å². The van der Waals surface area contributed by atoms with E-state index in [9.17, 15) is 0 Å². The standard InChI is InChI=1S/C16H19N/c1-3-15-10-11-17(13-16(15)4-2)12-14-8-6-5-7-9-14/h3-9H,1-2,10-13H2. The van der Waals surface area contributed by atoms with Crippen molar-refractivity contribution < 1.29 is 0 Å². The number of allylic oxidation sites excluding steroid dienone is 1. The summed E-state index contributed by atoms with van der Waals surface area (Å²) >= 11 is 0. The lowest BCUT2D eigenvalue weighted by atomic mass is 9.99. The minimum atomic E-state index is 0.986. The largest absolute Gasteiger partial charge is 0.294 e. The Morgan fingerprint density at radius 2 is 1.76 bits per heavy atom. The van der Waals surface area contributed by atoms with Crippen LogP contribution in [0.1, 0.15) is 12.0 Å². The third-order valence-electron chi connectivity index (χ3n) is 3.25. The minimum Gasteiger partial charge on any atom is -0.294 e. The first-order valence-corrected chi connectivity index (χ1v) is 6.06. The van der Waals surface area contributed by atoms with Crippen LogP contribution in [0.2, 0.25) is 0 Å². The van der Waals surface area contributed by atoms with Crippen LogP contribution in [-0.4, -0.2) is 18.0 Å². The molecule has 1 heteroatoms. The Kier molecular flexibility index (Phi) is 3.94. The number of benzene rings is 1. The molecule has 0 fully saturated rings. The van der Waals surface area contributed by atoms with Gasteiger partial charge in [0, 0.05) is 19.6 Å². The Morgan fingerprint density at radius 1 is 1.06 bits per heavy atom. The summed E-state index contributed by atoms with van der Waals surface area (Å²) in [5.74, 6) is 0. The summed E-state index contributed by atoms with van der Waals surface area (Å²) in [4.78, 5) is 2.46. The molecule has 0 aliphatic carbocycles. The molecule has 17 heavy (non-hydrogen) atoms. The monoisotopic (exact) mass is 225 g/mol. The molecule has 0 unspecified atom stereocenters. The molecule has 0 saturated heterocycles. The van der Waals surface area contributed by atoms with Crippen molar-refractivity contribution in [2.45, 2.75) is 13.0 Å². The van der Waals surface area contributed by atoms with Gasteiger partial charge in [0.1, 0.15) is 0 Å². The predicted octanol–water partition coefficient (Wildman–Crippen LogP) is 3.56. The zero-order chi connectivity index (χ0) is 12.1. The first-order chi connectivity index (χ1) is 8.33. The zero-order valence-corrected chi connectivity index (χ0v) is 10.2. The summed E-state index contributed by atoms with van der Waals surface area (Å²) in [5.41, 5.74) is 4.05. The van der Waals surface area contributed by atoms with Crippen LogP contribution in [-0.2, 0) is 6.54 Å². The average Bonchev–Trinajstić information content (AvgIpc) is 2.40. The van der Waals surface area contributed by atoms with Crippen LogP contribution in [0.15, 0.2) is 66.8 Å². The van der Waals surface area contributed by atoms with Gasteiger partial charge in [-0.3, -0.25) is 4.90 Å². The maximum Gasteiger partial charge on any atom is 0.0239 e. The molecule has 1 nitrogen and oxygen atoms in total. The summed E-state index contributed by atoms with van der Waals surface area (Å²) in [6, 6.07) is 10.6. The molecule has 0 bridgehead atoms. The number of hydrogen-bond acceptors (Lipinski definition) is 1. The number of hydrogen-bond donors (Lipinski definition) is 0. The Hall–Kier alpha value is -1.60. The SMILES string of the molecule is C=CC1=C(C=C)CN(Cc2ccccc2)CC1. The van der Waals surface area contributed by atoms with Gasteiger partial charge in [-0.2, -0.15) is 0 Å². The summed E-state index contributed by atoms with van der Waals surface area (Å²) in [6.07, 6.45) is 5.02. The normalized spacial score (nSPS) is 16.9. The topological polar surface area (TPSA) is 3.24 Å². The summed E-state index contributed by atoms with van der Waals surface area (Å²) in [5, 5.41) is 0. The van der Waals surface area contributed by atoms with Gasteiger partial charge in [0.25, 0.3) is 0 Å². The van der Waals surface area contributed by atoms with Crippen LogP contribution in [0.25, 0.3) is 0 Å². The van der Waals surface area contributed by atoms with Crippen molar-refractivity contribution in [2.75, 3.05) is 13.1 Å². The highest BCUT2D eigenvalue weighted by molar-refractivity contribution is 5.34. The van der Waals surface area contributed by atoms with Gasteiger partial charge in [-0.15, -0.1) is 0 Å². The molecular weight excluding hydrogens is 206 g/mol. The van der Waals surface area contributed by atoms with Gasteiger partial charge in [-0.1, -0.05) is 55.6 Å². The van der Waals surface area contributed by atoms with Gasteiger partial charge >= 0.3 is 0 Å². The quantitative estimate of drug-likeness (QED) is 0.757. The van der Waals surface area contributed by atoms with Crippen molar-refractivity contribution in [1.82, 2.24) is 4.90 Å². The van der Waals surface area contributed by atoms with Crippen molar-refractivity contribution in [3.05, 3.63) is 72.4 Å². The summed E-state index contributed by atoms with van der Waals surface area (Å²) in [7, 11) is 0. The first kappa shape index (κ1) is 11.9. The van der Waals surface area contributed by atoms with E-state index in [2.05, 4.69) is 48.4 Å². The van der Waals surface area contributed by atoms with E-state index in [-0.39, 0.29) is 0 Å². The molecule has 0 N–H and O–H groups in total. The van der Waals surface area contributed by atoms with Crippen LogP contribution in [0.3, 0.4) is 0 Å². The molecule has 0 aromatic heterocycles. The minimum absolute atomic E-state index is 0.986. The lowest BCUT2D eigenvalue weighted by molar-refractivity contribution is 0.281. The lowest BCUT2D eigenvalue weighted by Crippen LogP contribution is -2.30. The van der Waals surface area contributed by atoms with Gasteiger partial charge in [0.15, 0.2) is 0 Å². The van der Waals surface area contributed by atoms with E-state index in [4.69, 9.17) is 0 Å². The van der Waals surface area contributed by atoms with E-state index in [1.165, 1.54) is 16.7 Å². The molecule has 1 aliphatic heterocycles. The smallest absolute Gasteiger partial charge is 0.0239 e. The third kappa shape index (κ3) is 2.95. The first-order valence-electron chi connectivity index (χ1n) is 6.06. The molecule has 2 rings (SSSR count). The van der Waals surface area contributed by atoms with Crippen molar-refractivity contribution in [1.29, 1.82) is 0 Å². The predicted molar refractivity (Wildman–Crippen MR) is 73.8 cm³/mol. The second-order valence-corrected chi connectivity index (χ2v) is 4.40. The third-order valence-corrected chi connectivity index (χ3v) is 3.25. The van der Waals surface area contributed by atoms with E-state index in [1.807, 2.05) is 12.2 Å². The Balaban J connectivity index is 2.05. The molecule has 1 aromatic rings. The highest BCUT2D eigenvalue weighted by atomic mass is 15.1. The van der Waals surface area contributed by atoms with Gasteiger partial charge in [-0.05, 0) is 23.1 Å². The lowest BCUT2D eigenvalue weighted by Gasteiger charge is -2.28. The molecule has 1 heterocycles. The molecule has 0 radical (unpaired) electrons. The van der Waals surface area contributed by atoms with Crippen LogP contribution >= 0.6 is 0 Å². The molecule has 88 valence electrons. The Morgan fingerprint density at radius 3 is 2.41 bits per heavy atom. The molecule has 0 amide bonds. The van der Waals surface area contributed by atoms with Crippen molar-refractivity contribution in [3.63, 3.8) is 0 Å². The summed E-state index contributed by atoms with van der Waals surface area (Å²) in [6.45, 7) is 10.9. The maximum absolute atomic E-state index is 3.89. The van der Waals surface area contributed by atoms with Crippen LogP contribution in [0.4, 0.5) is 0 Å². The second-order valence-electron chi connectivity index (χ2n) is 4.40. The van der Waals surface area contributed by atoms with E-state index in [1.54, 1.807) is 0 Å². The zero-order valence-electron chi connectivity index (χ0n) is 10.2. The Labute approximate surface area is 104 Å². The van der Waals surface area contributed by atoms with Crippen LogP contribution in [0, 0.1) is 0 Å². The fraction of sp³-hybridized carbons (Fsp3) is 0.250. The average molecular weight is 225 g/mol. The molecule has 1 aromatic carbocycles.